The summed E-state index contributed by atoms with van der Waals surface area (Å²) in [6, 6.07) is 40.1. The molecule has 0 amide bonds. The van der Waals surface area contributed by atoms with Crippen molar-refractivity contribution in [3.63, 3.8) is 0 Å². The predicted molar refractivity (Wildman–Crippen MR) is 251 cm³/mol. The smallest absolute Gasteiger partial charge is 0.150 e. The first-order chi connectivity index (χ1) is 26.4. The number of benzene rings is 7. The molecule has 2 aromatic heterocycles. The van der Waals surface area contributed by atoms with Crippen LogP contribution in [0.25, 0.3) is 77.2 Å². The van der Waals surface area contributed by atoms with Crippen molar-refractivity contribution in [3.05, 3.63) is 120 Å². The molecule has 2 heterocycles. The summed E-state index contributed by atoms with van der Waals surface area (Å²) in [5.74, 6) is -0.0415. The number of phenolic OH excluding ortho intramolecular Hbond substituents is 2. The van der Waals surface area contributed by atoms with Crippen LogP contribution >= 0.6 is 0 Å². The molecule has 0 unspecified atom stereocenters. The summed E-state index contributed by atoms with van der Waals surface area (Å²) in [5.41, 5.74) is 20.1. The zero-order chi connectivity index (χ0) is 38.2. The molecule has 0 bridgehead atoms. The number of phenols is 2. The minimum absolute atomic E-state index is 0.0150. The summed E-state index contributed by atoms with van der Waals surface area (Å²) >= 11 is 0. The lowest BCUT2D eigenvalue weighted by Crippen LogP contribution is -2.42. The number of hydrogen-bond acceptors (Lipinski definition) is 2. The molecule has 0 saturated heterocycles. The van der Waals surface area contributed by atoms with Gasteiger partial charge in [-0.2, -0.15) is 0 Å². The number of rotatable bonds is 3. The Balaban J connectivity index is 1.20. The Morgan fingerprint density at radius 3 is 1.53 bits per heavy atom. The second-order valence-corrected chi connectivity index (χ2v) is 16.3. The van der Waals surface area contributed by atoms with Crippen molar-refractivity contribution >= 4 is 123 Å². The molecule has 0 aliphatic heterocycles. The fraction of sp³-hybridized carbons (Fsp3) is 0.0667. The maximum Gasteiger partial charge on any atom is 0.150 e. The van der Waals surface area contributed by atoms with E-state index in [1.807, 2.05) is 15.7 Å². The topological polar surface area (TPSA) is 50.3 Å². The quantitative estimate of drug-likeness (QED) is 0.212. The highest BCUT2D eigenvalue weighted by Crippen LogP contribution is 2.48. The van der Waals surface area contributed by atoms with Crippen LogP contribution in [0.5, 0.6) is 11.5 Å². The lowest BCUT2D eigenvalue weighted by Gasteiger charge is -2.29. The summed E-state index contributed by atoms with van der Waals surface area (Å²) in [6.45, 7) is 4.51. The molecule has 10 rings (SSSR count). The van der Waals surface area contributed by atoms with Gasteiger partial charge in [0.15, 0.2) is 11.5 Å². The third-order valence-electron chi connectivity index (χ3n) is 12.9. The van der Waals surface area contributed by atoms with E-state index in [9.17, 15) is 10.2 Å². The Kier molecular flexibility index (Phi) is 7.08. The van der Waals surface area contributed by atoms with Crippen LogP contribution in [0.15, 0.2) is 109 Å². The number of para-hydroxylation sites is 2. The molecule has 7 aromatic carbocycles. The van der Waals surface area contributed by atoms with Crippen LogP contribution in [0, 0.1) is 0 Å². The highest BCUT2D eigenvalue weighted by molar-refractivity contribution is 6.56. The van der Waals surface area contributed by atoms with Crippen molar-refractivity contribution in [1.82, 2.24) is 9.13 Å². The highest BCUT2D eigenvalue weighted by atomic mass is 16.3. The Morgan fingerprint density at radius 2 is 0.927 bits per heavy atom. The Hall–Kier alpha value is -5.87. The van der Waals surface area contributed by atoms with Crippen molar-refractivity contribution in [3.8, 4) is 45.1 Å². The second kappa shape index (κ2) is 11.6. The van der Waals surface area contributed by atoms with E-state index in [-0.39, 0.29) is 16.9 Å². The van der Waals surface area contributed by atoms with Gasteiger partial charge in [-0.05, 0) is 92.8 Å². The largest absolute Gasteiger partial charge is 0.505 e. The van der Waals surface area contributed by atoms with Crippen molar-refractivity contribution in [1.29, 1.82) is 0 Å². The van der Waals surface area contributed by atoms with Crippen LogP contribution < -0.4 is 32.8 Å². The van der Waals surface area contributed by atoms with Gasteiger partial charge in [0.05, 0.1) is 22.1 Å². The second-order valence-electron chi connectivity index (χ2n) is 16.3. The number of nitrogens with zero attached hydrogens (tertiary/aromatic N) is 2. The Labute approximate surface area is 326 Å². The van der Waals surface area contributed by atoms with E-state index >= 15 is 0 Å². The summed E-state index contributed by atoms with van der Waals surface area (Å²) < 4.78 is 4.83. The number of fused-ring (bicyclic) bond motifs is 9. The van der Waals surface area contributed by atoms with Gasteiger partial charge in [0, 0.05) is 38.3 Å². The molecule has 0 saturated carbocycles. The van der Waals surface area contributed by atoms with Gasteiger partial charge in [0.25, 0.3) is 0 Å². The van der Waals surface area contributed by atoms with E-state index in [0.29, 0.717) is 0 Å². The van der Waals surface area contributed by atoms with Gasteiger partial charge in [-0.1, -0.05) is 96.4 Å². The normalized spacial score (nSPS) is 13.3. The van der Waals surface area contributed by atoms with E-state index in [1.165, 1.54) is 88.1 Å². The molecule has 0 fully saturated rings. The first kappa shape index (κ1) is 33.7. The lowest BCUT2D eigenvalue weighted by molar-refractivity contribution is 0.409. The van der Waals surface area contributed by atoms with Gasteiger partial charge >= 0.3 is 0 Å². The van der Waals surface area contributed by atoms with Crippen LogP contribution in [-0.2, 0) is 5.41 Å². The molecule has 10 heteroatoms. The van der Waals surface area contributed by atoms with Crippen molar-refractivity contribution in [2.75, 3.05) is 0 Å². The third-order valence-corrected chi connectivity index (χ3v) is 12.9. The lowest BCUT2D eigenvalue weighted by atomic mass is 9.65. The standard InChI is InChI=1S/C45H38B6N2O2/c1-45(2)35-33(34-36(45)40(50)44(55)43(54)38(34)48)37(47)42(41(51)39(35)49)53-30-10-6-4-8-26(30)28-20-22(12-18-32(28)53)21-11-17-31-27(19-21)25-7-3-5-9-29(25)52(31)24-15-13-23(46)14-16-24/h3-20,54-55H,46-51H2,1-2H3. The number of hydrogen-bond donors (Lipinski definition) is 2. The summed E-state index contributed by atoms with van der Waals surface area (Å²) in [6.07, 6.45) is 0. The maximum atomic E-state index is 11.1. The van der Waals surface area contributed by atoms with E-state index in [0.717, 1.165) is 33.1 Å². The fourth-order valence-electron chi connectivity index (χ4n) is 10.3. The predicted octanol–water partition coefficient (Wildman–Crippen LogP) is 0.816. The van der Waals surface area contributed by atoms with Crippen LogP contribution in [-0.4, -0.2) is 66.4 Å². The first-order valence-corrected chi connectivity index (χ1v) is 19.2. The Bertz CT molecular complexity index is 3160. The molecule has 0 spiro atoms. The highest BCUT2D eigenvalue weighted by Gasteiger charge is 2.42. The summed E-state index contributed by atoms with van der Waals surface area (Å²) in [7, 11) is 12.7. The molecule has 9 aromatic rings. The van der Waals surface area contributed by atoms with Gasteiger partial charge in [-0.25, -0.2) is 0 Å². The molecule has 0 radical (unpaired) electrons. The van der Waals surface area contributed by atoms with Crippen molar-refractivity contribution in [2.45, 2.75) is 19.3 Å². The maximum absolute atomic E-state index is 11.1. The van der Waals surface area contributed by atoms with E-state index in [2.05, 4.69) is 164 Å². The third kappa shape index (κ3) is 4.43. The average Bonchev–Trinajstić information content (AvgIpc) is 3.78. The Morgan fingerprint density at radius 1 is 0.455 bits per heavy atom. The minimum Gasteiger partial charge on any atom is -0.505 e. The van der Waals surface area contributed by atoms with Gasteiger partial charge in [-0.3, -0.25) is 0 Å². The molecule has 55 heavy (non-hydrogen) atoms. The average molecular weight is 704 g/mol. The van der Waals surface area contributed by atoms with Gasteiger partial charge in [0.1, 0.15) is 47.1 Å². The number of aromatic hydroxyl groups is 2. The molecule has 1 aliphatic carbocycles. The first-order valence-electron chi connectivity index (χ1n) is 19.2. The molecule has 0 atom stereocenters. The van der Waals surface area contributed by atoms with Crippen molar-refractivity contribution in [2.24, 2.45) is 0 Å². The monoisotopic (exact) mass is 704 g/mol. The SMILES string of the molecule is Bc1ccc(-n2c3ccccc3c3cc(-c4ccc5c(c4)c4ccccc4n5-c4c(B)c(B)c5c(c4B)-c4c(B)c(O)c(O)c(B)c4C5(C)C)ccc32)cc1. The minimum atomic E-state index is -0.341. The molecular weight excluding hydrogens is 665 g/mol. The zero-order valence-corrected chi connectivity index (χ0v) is 32.7. The summed E-state index contributed by atoms with van der Waals surface area (Å²) in [4.78, 5) is 0. The van der Waals surface area contributed by atoms with E-state index in [4.69, 9.17) is 0 Å². The van der Waals surface area contributed by atoms with Crippen LogP contribution in [0.4, 0.5) is 0 Å². The van der Waals surface area contributed by atoms with Gasteiger partial charge < -0.3 is 19.3 Å². The van der Waals surface area contributed by atoms with Gasteiger partial charge in [0.2, 0.25) is 0 Å². The van der Waals surface area contributed by atoms with Crippen molar-refractivity contribution < 1.29 is 10.2 Å². The van der Waals surface area contributed by atoms with E-state index in [1.54, 1.807) is 0 Å². The molecule has 258 valence electrons. The van der Waals surface area contributed by atoms with Crippen LogP contribution in [0.2, 0.25) is 0 Å². The van der Waals surface area contributed by atoms with Crippen LogP contribution in [0.1, 0.15) is 25.0 Å². The molecule has 4 nitrogen and oxygen atoms in total. The molecular formula is C45H38B6N2O2. The number of aromatic nitrogens is 2. The van der Waals surface area contributed by atoms with E-state index < -0.39 is 0 Å². The summed E-state index contributed by atoms with van der Waals surface area (Å²) in [5, 5.41) is 27.0. The zero-order valence-electron chi connectivity index (χ0n) is 32.7. The van der Waals surface area contributed by atoms with Crippen LogP contribution in [0.3, 0.4) is 0 Å². The molecule has 2 N–H and O–H groups in total. The fourth-order valence-corrected chi connectivity index (χ4v) is 10.3. The molecule has 1 aliphatic rings. The van der Waals surface area contributed by atoms with Gasteiger partial charge in [-0.15, -0.1) is 0 Å².